The fraction of sp³-hybridized carbons (Fsp3) is 0.400. The number of fused-ring (bicyclic) bond motifs is 2. The Balaban J connectivity index is 1.33. The van der Waals surface area contributed by atoms with Crippen molar-refractivity contribution in [2.24, 2.45) is 0 Å². The molecule has 2 aromatic rings. The second-order valence-corrected chi connectivity index (χ2v) is 8.84. The summed E-state index contributed by atoms with van der Waals surface area (Å²) in [6, 6.07) is 16.7. The van der Waals surface area contributed by atoms with Gasteiger partial charge in [-0.2, -0.15) is 0 Å². The fourth-order valence-electron chi connectivity index (χ4n) is 4.09. The van der Waals surface area contributed by atoms with Gasteiger partial charge in [0.25, 0.3) is 0 Å². The molecule has 25 heavy (non-hydrogen) atoms. The van der Waals surface area contributed by atoms with Gasteiger partial charge in [-0.25, -0.2) is 13.1 Å². The fourth-order valence-corrected chi connectivity index (χ4v) is 5.27. The van der Waals surface area contributed by atoms with E-state index < -0.39 is 10.0 Å². The van der Waals surface area contributed by atoms with Crippen molar-refractivity contribution in [2.75, 3.05) is 12.3 Å². The van der Waals surface area contributed by atoms with E-state index in [0.717, 1.165) is 31.2 Å². The van der Waals surface area contributed by atoms with Crippen molar-refractivity contribution in [3.05, 3.63) is 70.8 Å². The molecule has 4 rings (SSSR count). The summed E-state index contributed by atoms with van der Waals surface area (Å²) in [5.41, 5.74) is 5.08. The highest BCUT2D eigenvalue weighted by Crippen LogP contribution is 2.32. The molecule has 0 saturated heterocycles. The van der Waals surface area contributed by atoms with E-state index in [-0.39, 0.29) is 17.8 Å². The van der Waals surface area contributed by atoms with Gasteiger partial charge in [0, 0.05) is 18.6 Å². The first-order chi connectivity index (χ1) is 12.1. The van der Waals surface area contributed by atoms with E-state index in [1.54, 1.807) is 0 Å². The van der Waals surface area contributed by atoms with E-state index in [2.05, 4.69) is 40.4 Å². The summed E-state index contributed by atoms with van der Waals surface area (Å²) in [4.78, 5) is 0. The van der Waals surface area contributed by atoms with Gasteiger partial charge >= 0.3 is 0 Å². The van der Waals surface area contributed by atoms with E-state index in [9.17, 15) is 8.42 Å². The Bertz CT molecular complexity index is 864. The first-order valence-corrected chi connectivity index (χ1v) is 10.7. The molecule has 0 radical (unpaired) electrons. The Labute approximate surface area is 149 Å². The highest BCUT2D eigenvalue weighted by atomic mass is 32.2. The molecule has 0 spiro atoms. The number of nitrogens with one attached hydrogen (secondary N) is 2. The van der Waals surface area contributed by atoms with Crippen LogP contribution in [0.1, 0.15) is 47.2 Å². The van der Waals surface area contributed by atoms with Gasteiger partial charge in [-0.15, -0.1) is 0 Å². The van der Waals surface area contributed by atoms with Crippen molar-refractivity contribution in [3.8, 4) is 0 Å². The van der Waals surface area contributed by atoms with Gasteiger partial charge in [0.2, 0.25) is 10.0 Å². The lowest BCUT2D eigenvalue weighted by Gasteiger charge is -2.17. The first kappa shape index (κ1) is 16.8. The molecule has 2 aromatic carbocycles. The lowest BCUT2D eigenvalue weighted by molar-refractivity contribution is 0.529. The second kappa shape index (κ2) is 6.90. The molecule has 5 heteroatoms. The molecule has 0 unspecified atom stereocenters. The van der Waals surface area contributed by atoms with Crippen LogP contribution < -0.4 is 10.0 Å². The SMILES string of the molecule is O=S(=O)(CCN[C@@H]1CCc2ccccc21)N[C@@H]1CCc2ccccc21. The zero-order chi connectivity index (χ0) is 17.3. The zero-order valence-corrected chi connectivity index (χ0v) is 15.1. The summed E-state index contributed by atoms with van der Waals surface area (Å²) in [6.45, 7) is 0.475. The largest absolute Gasteiger partial charge is 0.309 e. The first-order valence-electron chi connectivity index (χ1n) is 9.01. The minimum Gasteiger partial charge on any atom is -0.309 e. The zero-order valence-electron chi connectivity index (χ0n) is 14.2. The highest BCUT2D eigenvalue weighted by Gasteiger charge is 2.26. The molecule has 0 fully saturated rings. The average Bonchev–Trinajstić information content (AvgIpc) is 3.20. The van der Waals surface area contributed by atoms with Crippen LogP contribution in [0.15, 0.2) is 48.5 Å². The third-order valence-corrected chi connectivity index (χ3v) is 6.73. The van der Waals surface area contributed by atoms with Gasteiger partial charge in [0.15, 0.2) is 0 Å². The van der Waals surface area contributed by atoms with E-state index in [1.165, 1.54) is 16.7 Å². The number of rotatable bonds is 6. The van der Waals surface area contributed by atoms with Crippen LogP contribution in [0.3, 0.4) is 0 Å². The minimum absolute atomic E-state index is 0.0755. The monoisotopic (exact) mass is 356 g/mol. The Kier molecular flexibility index (Phi) is 4.63. The van der Waals surface area contributed by atoms with Gasteiger partial charge < -0.3 is 5.32 Å². The standard InChI is InChI=1S/C20H24N2O2S/c23-25(24,22-20-12-10-16-6-2-4-8-18(16)20)14-13-21-19-11-9-15-5-1-3-7-17(15)19/h1-8,19-22H,9-14H2/t19-,20-/m1/s1. The van der Waals surface area contributed by atoms with Crippen LogP contribution in [0.4, 0.5) is 0 Å². The summed E-state index contributed by atoms with van der Waals surface area (Å²) in [6.07, 6.45) is 3.91. The third-order valence-electron chi connectivity index (χ3n) is 5.35. The van der Waals surface area contributed by atoms with Crippen LogP contribution in [0.5, 0.6) is 0 Å². The Morgan fingerprint density at radius 2 is 1.40 bits per heavy atom. The molecule has 0 saturated carbocycles. The predicted molar refractivity (Wildman–Crippen MR) is 99.9 cm³/mol. The molecule has 0 heterocycles. The van der Waals surface area contributed by atoms with Crippen molar-refractivity contribution in [2.45, 2.75) is 37.8 Å². The van der Waals surface area contributed by atoms with E-state index >= 15 is 0 Å². The molecule has 2 atom stereocenters. The molecule has 0 amide bonds. The molecular formula is C20H24N2O2S. The lowest BCUT2D eigenvalue weighted by atomic mass is 10.1. The van der Waals surface area contributed by atoms with Crippen molar-refractivity contribution >= 4 is 10.0 Å². The number of benzene rings is 2. The third kappa shape index (κ3) is 3.64. The quantitative estimate of drug-likeness (QED) is 0.837. The molecular weight excluding hydrogens is 332 g/mol. The van der Waals surface area contributed by atoms with Gasteiger partial charge in [-0.1, -0.05) is 48.5 Å². The van der Waals surface area contributed by atoms with Crippen LogP contribution in [0, 0.1) is 0 Å². The van der Waals surface area contributed by atoms with E-state index in [4.69, 9.17) is 0 Å². The molecule has 132 valence electrons. The van der Waals surface area contributed by atoms with Crippen LogP contribution in [0.25, 0.3) is 0 Å². The lowest BCUT2D eigenvalue weighted by Crippen LogP contribution is -2.34. The molecule has 4 nitrogen and oxygen atoms in total. The number of aryl methyl sites for hydroxylation is 2. The van der Waals surface area contributed by atoms with Gasteiger partial charge in [0.1, 0.15) is 0 Å². The van der Waals surface area contributed by atoms with Gasteiger partial charge in [0.05, 0.1) is 5.75 Å². The van der Waals surface area contributed by atoms with Gasteiger partial charge in [-0.3, -0.25) is 0 Å². The maximum atomic E-state index is 12.5. The van der Waals surface area contributed by atoms with Crippen molar-refractivity contribution in [3.63, 3.8) is 0 Å². The van der Waals surface area contributed by atoms with Gasteiger partial charge in [-0.05, 0) is 47.9 Å². The summed E-state index contributed by atoms with van der Waals surface area (Å²) < 4.78 is 27.8. The Morgan fingerprint density at radius 1 is 0.840 bits per heavy atom. The Hall–Kier alpha value is -1.69. The second-order valence-electron chi connectivity index (χ2n) is 6.97. The maximum Gasteiger partial charge on any atom is 0.213 e. The normalized spacial score (nSPS) is 21.9. The topological polar surface area (TPSA) is 58.2 Å². The molecule has 2 aliphatic rings. The molecule has 0 bridgehead atoms. The predicted octanol–water partition coefficient (Wildman–Crippen LogP) is 2.87. The Morgan fingerprint density at radius 3 is 2.08 bits per heavy atom. The van der Waals surface area contributed by atoms with E-state index in [1.807, 2.05) is 18.2 Å². The van der Waals surface area contributed by atoms with Crippen molar-refractivity contribution < 1.29 is 8.42 Å². The van der Waals surface area contributed by atoms with Crippen LogP contribution >= 0.6 is 0 Å². The minimum atomic E-state index is -3.29. The average molecular weight is 356 g/mol. The van der Waals surface area contributed by atoms with E-state index in [0.29, 0.717) is 6.54 Å². The van der Waals surface area contributed by atoms with Crippen molar-refractivity contribution in [1.82, 2.24) is 10.0 Å². The maximum absolute atomic E-state index is 12.5. The molecule has 2 aliphatic carbocycles. The molecule has 0 aliphatic heterocycles. The highest BCUT2D eigenvalue weighted by molar-refractivity contribution is 7.89. The molecule has 0 aromatic heterocycles. The van der Waals surface area contributed by atoms with Crippen LogP contribution in [0.2, 0.25) is 0 Å². The summed E-state index contributed by atoms with van der Waals surface area (Å²) >= 11 is 0. The summed E-state index contributed by atoms with van der Waals surface area (Å²) in [7, 11) is -3.29. The summed E-state index contributed by atoms with van der Waals surface area (Å²) in [5.74, 6) is 0.115. The summed E-state index contributed by atoms with van der Waals surface area (Å²) in [5, 5.41) is 3.42. The molecule has 2 N–H and O–H groups in total. The number of hydrogen-bond donors (Lipinski definition) is 2. The number of sulfonamides is 1. The smallest absolute Gasteiger partial charge is 0.213 e. The van der Waals surface area contributed by atoms with Crippen LogP contribution in [-0.4, -0.2) is 20.7 Å². The van der Waals surface area contributed by atoms with Crippen LogP contribution in [-0.2, 0) is 22.9 Å². The van der Waals surface area contributed by atoms with Crippen molar-refractivity contribution in [1.29, 1.82) is 0 Å². The number of hydrogen-bond acceptors (Lipinski definition) is 3.